The Morgan fingerprint density at radius 3 is 2.71 bits per heavy atom. The van der Waals surface area contributed by atoms with Crippen molar-refractivity contribution < 1.29 is 5.11 Å². The Balaban J connectivity index is 2.60. The van der Waals surface area contributed by atoms with Gasteiger partial charge in [-0.3, -0.25) is 0 Å². The van der Waals surface area contributed by atoms with E-state index in [1.54, 1.807) is 13.0 Å². The molecule has 0 aliphatic heterocycles. The normalized spacial score (nSPS) is 14.7. The first-order chi connectivity index (χ1) is 7.78. The fourth-order valence-corrected chi connectivity index (χ4v) is 2.14. The van der Waals surface area contributed by atoms with E-state index in [4.69, 9.17) is 5.73 Å². The summed E-state index contributed by atoms with van der Waals surface area (Å²) in [5, 5.41) is 13.1. The number of halogens is 1. The zero-order valence-electron chi connectivity index (χ0n) is 10.4. The van der Waals surface area contributed by atoms with E-state index in [1.165, 1.54) is 0 Å². The number of nitrogens with one attached hydrogen (secondary N) is 1. The van der Waals surface area contributed by atoms with Gasteiger partial charge in [0.25, 0.3) is 0 Å². The number of nitrogens with zero attached hydrogens (tertiary/aromatic N) is 2. The van der Waals surface area contributed by atoms with E-state index in [1.807, 2.05) is 0 Å². The molecule has 0 aliphatic carbocycles. The minimum absolute atomic E-state index is 0.387. The van der Waals surface area contributed by atoms with Crippen molar-refractivity contribution in [3.8, 4) is 0 Å². The van der Waals surface area contributed by atoms with E-state index in [0.29, 0.717) is 35.3 Å². The molecule has 5 nitrogen and oxygen atoms in total. The number of hydrogen-bond donors (Lipinski definition) is 3. The molecule has 1 aromatic heterocycles. The summed E-state index contributed by atoms with van der Waals surface area (Å²) in [5.74, 6) is 1.24. The molecule has 0 bridgehead atoms. The third-order valence-corrected chi connectivity index (χ3v) is 2.60. The van der Waals surface area contributed by atoms with Crippen LogP contribution in [0.2, 0.25) is 0 Å². The average molecular weight is 303 g/mol. The van der Waals surface area contributed by atoms with Gasteiger partial charge >= 0.3 is 0 Å². The highest BCUT2D eigenvalue weighted by molar-refractivity contribution is 9.10. The molecule has 0 amide bonds. The highest BCUT2D eigenvalue weighted by Gasteiger charge is 2.21. The number of rotatable bonds is 5. The summed E-state index contributed by atoms with van der Waals surface area (Å²) in [5.41, 5.74) is 4.81. The van der Waals surface area contributed by atoms with Gasteiger partial charge in [-0.2, -0.15) is 4.98 Å². The number of nitrogens with two attached hydrogens (primary N) is 1. The Morgan fingerprint density at radius 2 is 2.18 bits per heavy atom. The van der Waals surface area contributed by atoms with E-state index >= 15 is 0 Å². The van der Waals surface area contributed by atoms with Gasteiger partial charge in [0.1, 0.15) is 10.4 Å². The van der Waals surface area contributed by atoms with E-state index in [0.717, 1.165) is 0 Å². The molecule has 1 aromatic rings. The topological polar surface area (TPSA) is 84.1 Å². The lowest BCUT2D eigenvalue weighted by Crippen LogP contribution is -2.35. The van der Waals surface area contributed by atoms with Crippen LogP contribution in [-0.2, 0) is 0 Å². The molecule has 0 radical (unpaired) electrons. The van der Waals surface area contributed by atoms with Crippen molar-refractivity contribution in [3.05, 3.63) is 10.7 Å². The van der Waals surface area contributed by atoms with Crippen molar-refractivity contribution in [3.63, 3.8) is 0 Å². The summed E-state index contributed by atoms with van der Waals surface area (Å²) in [7, 11) is 0. The molecule has 1 heterocycles. The van der Waals surface area contributed by atoms with E-state index < -0.39 is 5.60 Å². The molecule has 1 atom stereocenters. The molecule has 1 rings (SSSR count). The molecule has 0 saturated carbocycles. The van der Waals surface area contributed by atoms with Crippen molar-refractivity contribution in [1.29, 1.82) is 0 Å². The summed E-state index contributed by atoms with van der Waals surface area (Å²) in [6.07, 6.45) is 0.712. The van der Waals surface area contributed by atoms with Crippen LogP contribution >= 0.6 is 15.9 Å². The zero-order valence-corrected chi connectivity index (χ0v) is 12.0. The van der Waals surface area contributed by atoms with Crippen molar-refractivity contribution in [2.75, 3.05) is 17.6 Å². The van der Waals surface area contributed by atoms with Crippen LogP contribution in [0.25, 0.3) is 0 Å². The lowest BCUT2D eigenvalue weighted by molar-refractivity contribution is 0.0514. The van der Waals surface area contributed by atoms with Crippen molar-refractivity contribution in [2.45, 2.75) is 32.8 Å². The minimum Gasteiger partial charge on any atom is -0.388 e. The first kappa shape index (κ1) is 14.2. The highest BCUT2D eigenvalue weighted by atomic mass is 79.9. The number of hydrogen-bond acceptors (Lipinski definition) is 5. The molecule has 0 saturated heterocycles. The largest absolute Gasteiger partial charge is 0.388 e. The van der Waals surface area contributed by atoms with E-state index in [9.17, 15) is 5.11 Å². The minimum atomic E-state index is -0.783. The Hall–Kier alpha value is -0.880. The van der Waals surface area contributed by atoms with Crippen LogP contribution in [0, 0.1) is 5.92 Å². The quantitative estimate of drug-likeness (QED) is 0.725. The number of nitrogen functional groups attached to an aromatic ring is 1. The van der Waals surface area contributed by atoms with E-state index in [-0.39, 0.29) is 0 Å². The molecule has 96 valence electrons. The van der Waals surface area contributed by atoms with Crippen LogP contribution in [0.1, 0.15) is 27.2 Å². The van der Waals surface area contributed by atoms with Gasteiger partial charge in [0.15, 0.2) is 0 Å². The lowest BCUT2D eigenvalue weighted by atomic mass is 9.94. The number of aromatic nitrogens is 2. The average Bonchev–Trinajstić information content (AvgIpc) is 2.11. The molecule has 4 N–H and O–H groups in total. The Bertz CT molecular complexity index is 361. The van der Waals surface area contributed by atoms with E-state index in [2.05, 4.69) is 45.1 Å². The lowest BCUT2D eigenvalue weighted by Gasteiger charge is -2.25. The molecular formula is C11H19BrN4O. The second-order valence-electron chi connectivity index (χ2n) is 4.89. The molecule has 0 aliphatic rings. The van der Waals surface area contributed by atoms with Gasteiger partial charge in [0, 0.05) is 12.6 Å². The Labute approximate surface area is 110 Å². The van der Waals surface area contributed by atoms with Gasteiger partial charge in [0.05, 0.1) is 5.60 Å². The van der Waals surface area contributed by atoms with Gasteiger partial charge in [-0.15, -0.1) is 0 Å². The first-order valence-electron chi connectivity index (χ1n) is 5.55. The summed E-state index contributed by atoms with van der Waals surface area (Å²) in [6, 6.07) is 1.62. The van der Waals surface area contributed by atoms with Gasteiger partial charge < -0.3 is 16.2 Å². The van der Waals surface area contributed by atoms with Crippen molar-refractivity contribution >= 4 is 27.7 Å². The maximum atomic E-state index is 10.1. The molecule has 1 unspecified atom stereocenters. The standard InChI is InChI=1S/C11H19BrN4O/c1-7(2)5-11(3,17)6-14-10-15-8(12)4-9(13)16-10/h4,7,17H,5-6H2,1-3H3,(H3,13,14,15,16). The highest BCUT2D eigenvalue weighted by Crippen LogP contribution is 2.18. The second kappa shape index (κ2) is 5.64. The van der Waals surface area contributed by atoms with Crippen LogP contribution < -0.4 is 11.1 Å². The van der Waals surface area contributed by atoms with Crippen LogP contribution in [0.4, 0.5) is 11.8 Å². The SMILES string of the molecule is CC(C)CC(C)(O)CNc1nc(N)cc(Br)n1. The van der Waals surface area contributed by atoms with Crippen LogP contribution in [0.5, 0.6) is 0 Å². The van der Waals surface area contributed by atoms with Crippen LogP contribution in [0.15, 0.2) is 10.7 Å². The van der Waals surface area contributed by atoms with Gasteiger partial charge in [-0.05, 0) is 35.2 Å². The van der Waals surface area contributed by atoms with Gasteiger partial charge in [-0.1, -0.05) is 13.8 Å². The number of anilines is 2. The molecule has 0 fully saturated rings. The Kier molecular flexibility index (Phi) is 4.70. The molecule has 0 spiro atoms. The predicted octanol–water partition coefficient (Wildman–Crippen LogP) is 2.03. The molecule has 17 heavy (non-hydrogen) atoms. The predicted molar refractivity (Wildman–Crippen MR) is 72.7 cm³/mol. The van der Waals surface area contributed by atoms with Crippen molar-refractivity contribution in [2.24, 2.45) is 5.92 Å². The molecule has 0 aromatic carbocycles. The van der Waals surface area contributed by atoms with Crippen LogP contribution in [0.3, 0.4) is 0 Å². The zero-order chi connectivity index (χ0) is 13.1. The third kappa shape index (κ3) is 5.32. The third-order valence-electron chi connectivity index (χ3n) is 2.19. The maximum Gasteiger partial charge on any atom is 0.225 e. The van der Waals surface area contributed by atoms with Crippen LogP contribution in [-0.4, -0.2) is 27.2 Å². The summed E-state index contributed by atoms with van der Waals surface area (Å²) in [6.45, 7) is 6.33. The fraction of sp³-hybridized carbons (Fsp3) is 0.636. The van der Waals surface area contributed by atoms with Gasteiger partial charge in [0.2, 0.25) is 5.95 Å². The maximum absolute atomic E-state index is 10.1. The smallest absolute Gasteiger partial charge is 0.225 e. The molecule has 6 heteroatoms. The summed E-state index contributed by atoms with van der Waals surface area (Å²) < 4.78 is 0.621. The van der Waals surface area contributed by atoms with Crippen molar-refractivity contribution in [1.82, 2.24) is 9.97 Å². The molecular weight excluding hydrogens is 284 g/mol. The van der Waals surface area contributed by atoms with Gasteiger partial charge in [-0.25, -0.2) is 4.98 Å². The Morgan fingerprint density at radius 1 is 1.53 bits per heavy atom. The monoisotopic (exact) mass is 302 g/mol. The fourth-order valence-electron chi connectivity index (χ4n) is 1.74. The first-order valence-corrected chi connectivity index (χ1v) is 6.34. The second-order valence-corrected chi connectivity index (χ2v) is 5.70. The number of aliphatic hydroxyl groups is 1. The summed E-state index contributed by atoms with van der Waals surface area (Å²) in [4.78, 5) is 8.15. The summed E-state index contributed by atoms with van der Waals surface area (Å²) >= 11 is 3.24.